The highest BCUT2D eigenvalue weighted by atomic mass is 35.5. The molecule has 1 aromatic heterocycles. The predicted molar refractivity (Wildman–Crippen MR) is 75.6 cm³/mol. The van der Waals surface area contributed by atoms with Gasteiger partial charge < -0.3 is 0 Å². The van der Waals surface area contributed by atoms with E-state index in [9.17, 15) is 9.59 Å². The zero-order valence-corrected chi connectivity index (χ0v) is 11.6. The molecule has 110 valence electrons. The summed E-state index contributed by atoms with van der Waals surface area (Å²) in [6.45, 7) is 0. The van der Waals surface area contributed by atoms with Gasteiger partial charge in [0.25, 0.3) is 5.56 Å². The zero-order chi connectivity index (χ0) is 15.1. The van der Waals surface area contributed by atoms with Crippen LogP contribution in [0.25, 0.3) is 5.69 Å². The molecule has 0 radical (unpaired) electrons. The number of benzene rings is 1. The minimum absolute atomic E-state index is 0.0206. The van der Waals surface area contributed by atoms with Crippen LogP contribution in [0, 0.1) is 0 Å². The second kappa shape index (κ2) is 5.03. The van der Waals surface area contributed by atoms with Crippen LogP contribution >= 0.6 is 11.6 Å². The molecular formula is C13H12ClN3O4. The first-order valence-electron chi connectivity index (χ1n) is 6.31. The van der Waals surface area contributed by atoms with Gasteiger partial charge in [-0.3, -0.25) is 19.8 Å². The maximum atomic E-state index is 12.5. The van der Waals surface area contributed by atoms with Crippen LogP contribution in [0.1, 0.15) is 18.9 Å². The van der Waals surface area contributed by atoms with Gasteiger partial charge in [-0.25, -0.2) is 9.36 Å². The average molecular weight is 310 g/mol. The first-order chi connectivity index (χ1) is 9.99. The van der Waals surface area contributed by atoms with Crippen LogP contribution < -0.4 is 16.5 Å². The molecule has 0 saturated heterocycles. The largest absolute Gasteiger partial charge is 0.337 e. The van der Waals surface area contributed by atoms with Crippen molar-refractivity contribution < 1.29 is 10.4 Å². The molecule has 1 aliphatic carbocycles. The molecule has 2 aromatic rings. The van der Waals surface area contributed by atoms with Crippen LogP contribution in [-0.2, 0) is 0 Å². The van der Waals surface area contributed by atoms with Gasteiger partial charge >= 0.3 is 5.69 Å². The standard InChI is InChI=1S/C13H12ClN3O4/c14-11-7-12(18)16(13(19)15(11)8-4-5-8)9-2-1-3-10(6-9)17(20)21/h1-3,6-8,20-21H,4-5H2. The van der Waals surface area contributed by atoms with Gasteiger partial charge in [0.1, 0.15) is 5.15 Å². The number of anilines is 1. The summed E-state index contributed by atoms with van der Waals surface area (Å²) in [6.07, 6.45) is 1.69. The summed E-state index contributed by atoms with van der Waals surface area (Å²) in [5.41, 5.74) is -0.829. The topological polar surface area (TPSA) is 87.7 Å². The number of hydrogen-bond donors (Lipinski definition) is 2. The normalized spacial score (nSPS) is 14.2. The second-order valence-electron chi connectivity index (χ2n) is 4.83. The molecule has 7 nitrogen and oxygen atoms in total. The van der Waals surface area contributed by atoms with E-state index < -0.39 is 11.2 Å². The van der Waals surface area contributed by atoms with Crippen LogP contribution in [-0.4, -0.2) is 19.5 Å². The Morgan fingerprint density at radius 2 is 1.90 bits per heavy atom. The number of nitrogens with zero attached hydrogens (tertiary/aromatic N) is 3. The molecule has 0 atom stereocenters. The smallest absolute Gasteiger partial charge is 0.280 e. The van der Waals surface area contributed by atoms with E-state index in [1.54, 1.807) is 0 Å². The van der Waals surface area contributed by atoms with Gasteiger partial charge in [0.05, 0.1) is 11.4 Å². The molecule has 0 aliphatic heterocycles. The van der Waals surface area contributed by atoms with E-state index in [4.69, 9.17) is 22.0 Å². The Morgan fingerprint density at radius 3 is 2.52 bits per heavy atom. The van der Waals surface area contributed by atoms with Gasteiger partial charge in [0, 0.05) is 12.1 Å². The summed E-state index contributed by atoms with van der Waals surface area (Å²) < 4.78 is 2.34. The molecule has 0 bridgehead atoms. The molecule has 0 spiro atoms. The zero-order valence-electron chi connectivity index (χ0n) is 10.8. The predicted octanol–water partition coefficient (Wildman–Crippen LogP) is 1.57. The van der Waals surface area contributed by atoms with Gasteiger partial charge in [-0.2, -0.15) is 0 Å². The minimum atomic E-state index is -0.568. The van der Waals surface area contributed by atoms with Crippen LogP contribution in [0.2, 0.25) is 5.15 Å². The van der Waals surface area contributed by atoms with E-state index in [-0.39, 0.29) is 27.8 Å². The number of rotatable bonds is 3. The molecule has 0 unspecified atom stereocenters. The van der Waals surface area contributed by atoms with E-state index in [0.29, 0.717) is 0 Å². The number of aromatic nitrogens is 2. The van der Waals surface area contributed by atoms with Crippen LogP contribution in [0.5, 0.6) is 0 Å². The maximum absolute atomic E-state index is 12.5. The Kier molecular flexibility index (Phi) is 3.32. The van der Waals surface area contributed by atoms with E-state index in [1.165, 1.54) is 34.9 Å². The molecule has 3 rings (SSSR count). The fourth-order valence-electron chi connectivity index (χ4n) is 2.19. The maximum Gasteiger partial charge on any atom is 0.337 e. The third-order valence-electron chi connectivity index (χ3n) is 3.32. The van der Waals surface area contributed by atoms with E-state index in [1.807, 2.05) is 0 Å². The lowest BCUT2D eigenvalue weighted by Crippen LogP contribution is -2.38. The van der Waals surface area contributed by atoms with Crippen molar-refractivity contribution in [3.8, 4) is 5.69 Å². The third-order valence-corrected chi connectivity index (χ3v) is 3.61. The highest BCUT2D eigenvalue weighted by Gasteiger charge is 2.28. The van der Waals surface area contributed by atoms with Crippen molar-refractivity contribution >= 4 is 17.3 Å². The Hall–Kier alpha value is -2.09. The van der Waals surface area contributed by atoms with Crippen molar-refractivity contribution in [3.63, 3.8) is 0 Å². The Bertz CT molecular complexity index is 808. The monoisotopic (exact) mass is 309 g/mol. The Morgan fingerprint density at radius 1 is 1.19 bits per heavy atom. The molecule has 0 amide bonds. The van der Waals surface area contributed by atoms with Gasteiger partial charge in [-0.15, -0.1) is 5.23 Å². The number of hydrogen-bond acceptors (Lipinski definition) is 5. The first kappa shape index (κ1) is 13.9. The van der Waals surface area contributed by atoms with Crippen LogP contribution in [0.4, 0.5) is 5.69 Å². The molecule has 1 aliphatic rings. The van der Waals surface area contributed by atoms with Crippen molar-refractivity contribution in [2.45, 2.75) is 18.9 Å². The van der Waals surface area contributed by atoms with E-state index >= 15 is 0 Å². The Labute approximate surface area is 123 Å². The summed E-state index contributed by atoms with van der Waals surface area (Å²) >= 11 is 5.97. The second-order valence-corrected chi connectivity index (χ2v) is 5.22. The van der Waals surface area contributed by atoms with Crippen LogP contribution in [0.3, 0.4) is 0 Å². The van der Waals surface area contributed by atoms with Crippen molar-refractivity contribution in [1.29, 1.82) is 0 Å². The molecular weight excluding hydrogens is 298 g/mol. The third kappa shape index (κ3) is 2.46. The lowest BCUT2D eigenvalue weighted by Gasteiger charge is -2.13. The van der Waals surface area contributed by atoms with Crippen molar-refractivity contribution in [1.82, 2.24) is 9.13 Å². The summed E-state index contributed by atoms with van der Waals surface area (Å²) in [5, 5.41) is 18.1. The molecule has 2 N–H and O–H groups in total. The minimum Gasteiger partial charge on any atom is -0.280 e. The van der Waals surface area contributed by atoms with Gasteiger partial charge in [0.2, 0.25) is 0 Å². The fraction of sp³-hybridized carbons (Fsp3) is 0.231. The van der Waals surface area contributed by atoms with E-state index in [0.717, 1.165) is 17.4 Å². The molecule has 8 heteroatoms. The number of halogens is 1. The molecule has 21 heavy (non-hydrogen) atoms. The van der Waals surface area contributed by atoms with Gasteiger partial charge in [-0.05, 0) is 31.0 Å². The first-order valence-corrected chi connectivity index (χ1v) is 6.69. The van der Waals surface area contributed by atoms with Crippen molar-refractivity contribution in [3.05, 3.63) is 56.3 Å². The SMILES string of the molecule is O=c1cc(Cl)n(C2CC2)c(=O)n1-c1cccc(N(O)O)c1. The highest BCUT2D eigenvalue weighted by molar-refractivity contribution is 6.29. The lowest BCUT2D eigenvalue weighted by molar-refractivity contribution is 0.0291. The lowest BCUT2D eigenvalue weighted by atomic mass is 10.3. The molecule has 1 fully saturated rings. The van der Waals surface area contributed by atoms with Crippen molar-refractivity contribution in [2.75, 3.05) is 5.23 Å². The van der Waals surface area contributed by atoms with Crippen molar-refractivity contribution in [2.24, 2.45) is 0 Å². The fourth-order valence-corrected chi connectivity index (χ4v) is 2.49. The van der Waals surface area contributed by atoms with Crippen LogP contribution in [0.15, 0.2) is 39.9 Å². The molecule has 1 aromatic carbocycles. The van der Waals surface area contributed by atoms with E-state index in [2.05, 4.69) is 0 Å². The van der Waals surface area contributed by atoms with Gasteiger partial charge in [-0.1, -0.05) is 17.7 Å². The summed E-state index contributed by atoms with van der Waals surface area (Å²) in [6, 6.07) is 6.97. The molecule has 1 heterocycles. The highest BCUT2D eigenvalue weighted by Crippen LogP contribution is 2.35. The summed E-state index contributed by atoms with van der Waals surface area (Å²) in [5.74, 6) is 0. The average Bonchev–Trinajstić information content (AvgIpc) is 3.23. The summed E-state index contributed by atoms with van der Waals surface area (Å²) in [4.78, 5) is 24.5. The summed E-state index contributed by atoms with van der Waals surface area (Å²) in [7, 11) is 0. The van der Waals surface area contributed by atoms with Gasteiger partial charge in [0.15, 0.2) is 0 Å². The quantitative estimate of drug-likeness (QED) is 0.664. The Balaban J connectivity index is 2.23. The molecule has 1 saturated carbocycles.